The number of carbonyl (C=O) groups excluding carboxylic acids is 2. The zero-order chi connectivity index (χ0) is 18.1. The number of anilines is 2. The molecule has 0 radical (unpaired) electrons. The Morgan fingerprint density at radius 1 is 1.12 bits per heavy atom. The molecule has 130 valence electrons. The van der Waals surface area contributed by atoms with Crippen molar-refractivity contribution < 1.29 is 9.59 Å². The number of benzene rings is 1. The van der Waals surface area contributed by atoms with Crippen LogP contribution in [0.5, 0.6) is 0 Å². The van der Waals surface area contributed by atoms with Gasteiger partial charge < -0.3 is 9.80 Å². The lowest BCUT2D eigenvalue weighted by molar-refractivity contribution is -0.117. The molecular formula is C20H23N3O2. The number of hydrogen-bond acceptors (Lipinski definition) is 3. The van der Waals surface area contributed by atoms with E-state index in [9.17, 15) is 9.59 Å². The first-order chi connectivity index (χ1) is 11.9. The number of nitrogens with zero attached hydrogens (tertiary/aromatic N) is 3. The van der Waals surface area contributed by atoms with Gasteiger partial charge in [-0.25, -0.2) is 0 Å². The van der Waals surface area contributed by atoms with Gasteiger partial charge >= 0.3 is 0 Å². The van der Waals surface area contributed by atoms with E-state index in [4.69, 9.17) is 0 Å². The molecule has 0 fully saturated rings. The van der Waals surface area contributed by atoms with Crippen molar-refractivity contribution in [1.29, 1.82) is 0 Å². The summed E-state index contributed by atoms with van der Waals surface area (Å²) < 4.78 is 0. The van der Waals surface area contributed by atoms with Crippen LogP contribution in [0.15, 0.2) is 42.6 Å². The number of carbonyl (C=O) groups is 2. The molecule has 5 heteroatoms. The second kappa shape index (κ2) is 6.67. The molecule has 25 heavy (non-hydrogen) atoms. The Balaban J connectivity index is 1.98. The Kier molecular flexibility index (Phi) is 4.57. The van der Waals surface area contributed by atoms with Gasteiger partial charge in [-0.3, -0.25) is 14.6 Å². The van der Waals surface area contributed by atoms with Crippen molar-refractivity contribution in [2.45, 2.75) is 39.7 Å². The molecule has 1 atom stereocenters. The van der Waals surface area contributed by atoms with Crippen LogP contribution < -0.4 is 9.80 Å². The van der Waals surface area contributed by atoms with Crippen LogP contribution in [0.2, 0.25) is 0 Å². The standard InChI is InChI=1S/C20H23N3O2/c1-13(2)17-10-9-16(11-21-17)20(25)22-12-14(3)23(15(4)24)19-8-6-5-7-18(19)22/h5-11,13-14H,12H2,1-4H3/t14-/m0/s1. The SMILES string of the molecule is CC(=O)N1c2ccccc2N(C(=O)c2ccc(C(C)C)nc2)C[C@@H]1C. The second-order valence-corrected chi connectivity index (χ2v) is 6.77. The maximum Gasteiger partial charge on any atom is 0.259 e. The predicted molar refractivity (Wildman–Crippen MR) is 99.1 cm³/mol. The lowest BCUT2D eigenvalue weighted by atomic mass is 10.1. The molecule has 1 aliphatic heterocycles. The normalized spacial score (nSPS) is 16.8. The van der Waals surface area contributed by atoms with Crippen molar-refractivity contribution in [3.05, 3.63) is 53.9 Å². The molecule has 0 unspecified atom stereocenters. The largest absolute Gasteiger partial charge is 0.306 e. The highest BCUT2D eigenvalue weighted by Crippen LogP contribution is 2.36. The number of fused-ring (bicyclic) bond motifs is 1. The summed E-state index contributed by atoms with van der Waals surface area (Å²) in [6.07, 6.45) is 1.64. The van der Waals surface area contributed by atoms with E-state index in [1.54, 1.807) is 22.9 Å². The first-order valence-electron chi connectivity index (χ1n) is 8.56. The number of pyridine rings is 1. The van der Waals surface area contributed by atoms with Crippen LogP contribution in [0.3, 0.4) is 0 Å². The lowest BCUT2D eigenvalue weighted by Crippen LogP contribution is -2.51. The number of aromatic nitrogens is 1. The minimum atomic E-state index is -0.0923. The molecule has 0 spiro atoms. The van der Waals surface area contributed by atoms with Gasteiger partial charge in [-0.2, -0.15) is 0 Å². The Hall–Kier alpha value is -2.69. The van der Waals surface area contributed by atoms with Gasteiger partial charge in [0.25, 0.3) is 5.91 Å². The van der Waals surface area contributed by atoms with Gasteiger partial charge in [-0.05, 0) is 37.1 Å². The third-order valence-electron chi connectivity index (χ3n) is 4.53. The van der Waals surface area contributed by atoms with E-state index in [0.29, 0.717) is 18.0 Å². The summed E-state index contributed by atoms with van der Waals surface area (Å²) in [5.41, 5.74) is 3.05. The molecule has 0 bridgehead atoms. The van der Waals surface area contributed by atoms with Gasteiger partial charge in [-0.1, -0.05) is 26.0 Å². The molecule has 5 nitrogen and oxygen atoms in total. The summed E-state index contributed by atoms with van der Waals surface area (Å²) in [4.78, 5) is 33.0. The van der Waals surface area contributed by atoms with Gasteiger partial charge in [0, 0.05) is 25.4 Å². The Labute approximate surface area is 148 Å². The summed E-state index contributed by atoms with van der Waals surface area (Å²) in [6, 6.07) is 11.2. The van der Waals surface area contributed by atoms with Crippen LogP contribution in [0.4, 0.5) is 11.4 Å². The van der Waals surface area contributed by atoms with Crippen molar-refractivity contribution in [3.63, 3.8) is 0 Å². The lowest BCUT2D eigenvalue weighted by Gasteiger charge is -2.40. The number of hydrogen-bond donors (Lipinski definition) is 0. The highest BCUT2D eigenvalue weighted by Gasteiger charge is 2.33. The van der Waals surface area contributed by atoms with Crippen LogP contribution in [-0.4, -0.2) is 29.4 Å². The van der Waals surface area contributed by atoms with Crippen LogP contribution in [0, 0.1) is 0 Å². The number of rotatable bonds is 2. The fourth-order valence-corrected chi connectivity index (χ4v) is 3.28. The number of para-hydroxylation sites is 2. The molecule has 0 aliphatic carbocycles. The average molecular weight is 337 g/mol. The molecule has 1 aliphatic rings. The molecule has 1 aromatic carbocycles. The van der Waals surface area contributed by atoms with E-state index in [-0.39, 0.29) is 17.9 Å². The highest BCUT2D eigenvalue weighted by molar-refractivity contribution is 6.10. The number of amides is 2. The van der Waals surface area contributed by atoms with E-state index in [1.807, 2.05) is 43.3 Å². The highest BCUT2D eigenvalue weighted by atomic mass is 16.2. The van der Waals surface area contributed by atoms with Crippen molar-refractivity contribution in [2.24, 2.45) is 0 Å². The summed E-state index contributed by atoms with van der Waals surface area (Å²) in [5.74, 6) is 0.212. The average Bonchev–Trinajstić information content (AvgIpc) is 2.60. The Morgan fingerprint density at radius 2 is 1.80 bits per heavy atom. The molecule has 0 N–H and O–H groups in total. The molecule has 0 saturated heterocycles. The maximum atomic E-state index is 13.0. The first kappa shape index (κ1) is 17.1. The van der Waals surface area contributed by atoms with Gasteiger partial charge in [-0.15, -0.1) is 0 Å². The summed E-state index contributed by atoms with van der Waals surface area (Å²) in [5, 5.41) is 0. The van der Waals surface area contributed by atoms with E-state index < -0.39 is 0 Å². The monoisotopic (exact) mass is 337 g/mol. The Morgan fingerprint density at radius 3 is 2.36 bits per heavy atom. The maximum absolute atomic E-state index is 13.0. The van der Waals surface area contributed by atoms with Crippen molar-refractivity contribution >= 4 is 23.2 Å². The van der Waals surface area contributed by atoms with Gasteiger partial charge in [0.1, 0.15) is 0 Å². The van der Waals surface area contributed by atoms with Crippen LogP contribution in [0.25, 0.3) is 0 Å². The van der Waals surface area contributed by atoms with Crippen molar-refractivity contribution in [2.75, 3.05) is 16.3 Å². The molecule has 0 saturated carbocycles. The Bertz CT molecular complexity index is 799. The fraction of sp³-hybridized carbons (Fsp3) is 0.350. The summed E-state index contributed by atoms with van der Waals surface area (Å²) in [6.45, 7) is 8.11. The minimum absolute atomic E-state index is 0.0185. The van der Waals surface area contributed by atoms with E-state index >= 15 is 0 Å². The zero-order valence-electron chi connectivity index (χ0n) is 15.1. The van der Waals surface area contributed by atoms with E-state index in [1.165, 1.54) is 0 Å². The van der Waals surface area contributed by atoms with Crippen LogP contribution >= 0.6 is 0 Å². The molecule has 3 rings (SSSR count). The topological polar surface area (TPSA) is 53.5 Å². The smallest absolute Gasteiger partial charge is 0.259 e. The van der Waals surface area contributed by atoms with Crippen molar-refractivity contribution in [1.82, 2.24) is 4.98 Å². The van der Waals surface area contributed by atoms with E-state index in [0.717, 1.165) is 17.1 Å². The molecular weight excluding hydrogens is 314 g/mol. The summed E-state index contributed by atoms with van der Waals surface area (Å²) in [7, 11) is 0. The van der Waals surface area contributed by atoms with Gasteiger partial charge in [0.2, 0.25) is 5.91 Å². The van der Waals surface area contributed by atoms with Crippen LogP contribution in [0.1, 0.15) is 49.7 Å². The van der Waals surface area contributed by atoms with Crippen LogP contribution in [-0.2, 0) is 4.79 Å². The third-order valence-corrected chi connectivity index (χ3v) is 4.53. The zero-order valence-corrected chi connectivity index (χ0v) is 15.1. The quantitative estimate of drug-likeness (QED) is 0.841. The third kappa shape index (κ3) is 3.14. The van der Waals surface area contributed by atoms with E-state index in [2.05, 4.69) is 18.8 Å². The van der Waals surface area contributed by atoms with Crippen molar-refractivity contribution in [3.8, 4) is 0 Å². The molecule has 2 aromatic rings. The molecule has 2 amide bonds. The first-order valence-corrected chi connectivity index (χ1v) is 8.56. The predicted octanol–water partition coefficient (Wildman–Crippen LogP) is 3.61. The second-order valence-electron chi connectivity index (χ2n) is 6.77. The van der Waals surface area contributed by atoms with Gasteiger partial charge in [0.15, 0.2) is 0 Å². The fourth-order valence-electron chi connectivity index (χ4n) is 3.28. The summed E-state index contributed by atoms with van der Waals surface area (Å²) >= 11 is 0. The molecule has 1 aromatic heterocycles. The minimum Gasteiger partial charge on any atom is -0.306 e. The van der Waals surface area contributed by atoms with Gasteiger partial charge in [0.05, 0.1) is 23.0 Å². The molecule has 2 heterocycles.